The highest BCUT2D eigenvalue weighted by Crippen LogP contribution is 2.45. The Morgan fingerprint density at radius 2 is 2.08 bits per heavy atom. The van der Waals surface area contributed by atoms with Crippen LogP contribution in [0.1, 0.15) is 70.8 Å². The fraction of sp³-hybridized carbons (Fsp3) is 0.483. The highest BCUT2D eigenvalue weighted by Gasteiger charge is 2.45. The number of aliphatic hydroxyl groups is 1. The van der Waals surface area contributed by atoms with Gasteiger partial charge < -0.3 is 14.8 Å². The summed E-state index contributed by atoms with van der Waals surface area (Å²) in [7, 11) is 0. The Morgan fingerprint density at radius 1 is 1.31 bits per heavy atom. The Balaban J connectivity index is 1.87. The van der Waals surface area contributed by atoms with E-state index in [1.807, 2.05) is 19.1 Å². The van der Waals surface area contributed by atoms with E-state index >= 15 is 0 Å². The number of alkyl halides is 1. The molecule has 7 heteroatoms. The molecule has 0 bridgehead atoms. The van der Waals surface area contributed by atoms with Crippen molar-refractivity contribution < 1.29 is 24.4 Å². The topological polar surface area (TPSA) is 80.8 Å². The zero-order valence-corrected chi connectivity index (χ0v) is 24.0. The number of aromatic amines is 1. The molecule has 196 valence electrons. The molecular weight excluding hydrogens is 569 g/mol. The molecule has 2 unspecified atom stereocenters. The number of carbonyl (C=O) groups is 1. The Kier molecular flexibility index (Phi) is 10.4. The van der Waals surface area contributed by atoms with Crippen LogP contribution in [0.2, 0.25) is 0 Å². The molecule has 3 rings (SSSR count). The standard InChI is InChI=1S/C29H38INO5/c1-19(2)8-6-9-20(3)14-24-15-21(4)11-12-23(18-34-28(33)26-10-7-13-31-26)25-16-27(32)22(5)17-29(25,30)36-35-24/h7-8,10-14,17,24-25,27,31-32H,6,9,15-16,18H2,1-5H3/b20-14+,21-11-,23-12-/t24-,25?,27?,29-/m1/s1. The summed E-state index contributed by atoms with van der Waals surface area (Å²) in [4.78, 5) is 27.6. The van der Waals surface area contributed by atoms with E-state index in [0.717, 1.165) is 29.6 Å². The summed E-state index contributed by atoms with van der Waals surface area (Å²) in [5.41, 5.74) is 5.79. The van der Waals surface area contributed by atoms with Gasteiger partial charge in [0.1, 0.15) is 18.4 Å². The number of halogens is 1. The first-order valence-electron chi connectivity index (χ1n) is 12.5. The van der Waals surface area contributed by atoms with Gasteiger partial charge >= 0.3 is 5.97 Å². The fourth-order valence-corrected chi connectivity index (χ4v) is 5.64. The van der Waals surface area contributed by atoms with Crippen LogP contribution in [0.3, 0.4) is 0 Å². The minimum absolute atomic E-state index is 0.0901. The zero-order valence-electron chi connectivity index (χ0n) is 21.8. The van der Waals surface area contributed by atoms with Gasteiger partial charge in [-0.2, -0.15) is 0 Å². The summed E-state index contributed by atoms with van der Waals surface area (Å²) in [6.07, 6.45) is 14.3. The van der Waals surface area contributed by atoms with Gasteiger partial charge in [0.15, 0.2) is 3.61 Å². The summed E-state index contributed by atoms with van der Waals surface area (Å²) in [5.74, 6) is -0.675. The second kappa shape index (κ2) is 13.0. The SMILES string of the molecule is CC(C)=CCC/C(C)=C/[C@@H]1C/C(C)=C\C=C(\COC(=O)c2ccc[nH]2)C2CC(O)C(C)=C[C@@]2(I)OO1. The largest absolute Gasteiger partial charge is 0.456 e. The van der Waals surface area contributed by atoms with Crippen LogP contribution in [-0.2, 0) is 14.5 Å². The van der Waals surface area contributed by atoms with Gasteiger partial charge in [0.05, 0.1) is 6.10 Å². The van der Waals surface area contributed by atoms with Crippen molar-refractivity contribution >= 4 is 28.6 Å². The third kappa shape index (κ3) is 8.03. The van der Waals surface area contributed by atoms with E-state index in [9.17, 15) is 9.90 Å². The van der Waals surface area contributed by atoms with Gasteiger partial charge in [-0.1, -0.05) is 41.0 Å². The van der Waals surface area contributed by atoms with Gasteiger partial charge in [-0.3, -0.25) is 0 Å². The summed E-state index contributed by atoms with van der Waals surface area (Å²) < 4.78 is 4.78. The molecule has 0 saturated carbocycles. The van der Waals surface area contributed by atoms with E-state index in [1.165, 1.54) is 11.1 Å². The molecule has 1 aromatic rings. The molecule has 36 heavy (non-hydrogen) atoms. The molecule has 0 saturated heterocycles. The van der Waals surface area contributed by atoms with Gasteiger partial charge in [0, 0.05) is 18.5 Å². The molecule has 0 fully saturated rings. The molecule has 0 radical (unpaired) electrons. The third-order valence-corrected chi connectivity index (χ3v) is 7.73. The van der Waals surface area contributed by atoms with Gasteiger partial charge in [-0.25, -0.2) is 14.6 Å². The normalized spacial score (nSPS) is 30.1. The van der Waals surface area contributed by atoms with Crippen LogP contribution in [0, 0.1) is 5.92 Å². The summed E-state index contributed by atoms with van der Waals surface area (Å²) in [6, 6.07) is 3.44. The molecule has 6 nitrogen and oxygen atoms in total. The molecule has 4 atom stereocenters. The zero-order chi connectivity index (χ0) is 26.3. The Bertz CT molecular complexity index is 1060. The van der Waals surface area contributed by atoms with E-state index in [4.69, 9.17) is 14.5 Å². The first-order valence-corrected chi connectivity index (χ1v) is 13.5. The van der Waals surface area contributed by atoms with Gasteiger partial charge in [0.25, 0.3) is 0 Å². The van der Waals surface area contributed by atoms with Crippen LogP contribution in [-0.4, -0.2) is 38.5 Å². The number of H-pyrrole nitrogens is 1. The van der Waals surface area contributed by atoms with Gasteiger partial charge in [-0.15, -0.1) is 0 Å². The fourth-order valence-electron chi connectivity index (χ4n) is 4.39. The van der Waals surface area contributed by atoms with E-state index in [-0.39, 0.29) is 18.6 Å². The lowest BCUT2D eigenvalue weighted by Gasteiger charge is -2.40. The van der Waals surface area contributed by atoms with E-state index in [1.54, 1.807) is 18.3 Å². The highest BCUT2D eigenvalue weighted by atomic mass is 127. The third-order valence-electron chi connectivity index (χ3n) is 6.49. The number of hydrogen-bond donors (Lipinski definition) is 2. The van der Waals surface area contributed by atoms with Gasteiger partial charge in [0.2, 0.25) is 0 Å². The molecule has 2 heterocycles. The van der Waals surface area contributed by atoms with Crippen LogP contribution in [0.15, 0.2) is 76.6 Å². The number of rotatable bonds is 7. The van der Waals surface area contributed by atoms with E-state index < -0.39 is 15.7 Å². The number of ether oxygens (including phenoxy) is 1. The number of nitrogens with one attached hydrogen (secondary N) is 1. The molecule has 0 spiro atoms. The first-order chi connectivity index (χ1) is 17.1. The average molecular weight is 608 g/mol. The predicted octanol–water partition coefficient (Wildman–Crippen LogP) is 6.92. The molecular formula is C29H38INO5. The Hall–Kier alpha value is -1.94. The lowest BCUT2D eigenvalue weighted by Crippen LogP contribution is -2.42. The summed E-state index contributed by atoms with van der Waals surface area (Å²) >= 11 is 2.25. The minimum atomic E-state index is -0.854. The Morgan fingerprint density at radius 3 is 2.78 bits per heavy atom. The van der Waals surface area contributed by atoms with Crippen LogP contribution >= 0.6 is 22.6 Å². The number of esters is 1. The predicted molar refractivity (Wildman–Crippen MR) is 151 cm³/mol. The molecule has 2 N–H and O–H groups in total. The average Bonchev–Trinajstić information content (AvgIpc) is 3.35. The number of aromatic nitrogens is 1. The van der Waals surface area contributed by atoms with Crippen molar-refractivity contribution in [3.05, 3.63) is 82.3 Å². The highest BCUT2D eigenvalue weighted by molar-refractivity contribution is 14.1. The summed E-state index contributed by atoms with van der Waals surface area (Å²) in [6.45, 7) is 10.4. The summed E-state index contributed by atoms with van der Waals surface area (Å²) in [5, 5.41) is 10.7. The van der Waals surface area contributed by atoms with Gasteiger partial charge in [-0.05, 0) is 106 Å². The first kappa shape index (κ1) is 28.6. The molecule has 0 aromatic carbocycles. The second-order valence-electron chi connectivity index (χ2n) is 10.1. The number of aliphatic hydroxyl groups excluding tert-OH is 1. The minimum Gasteiger partial charge on any atom is -0.456 e. The van der Waals surface area contributed by atoms with Crippen molar-refractivity contribution in [1.29, 1.82) is 0 Å². The van der Waals surface area contributed by atoms with Crippen LogP contribution < -0.4 is 0 Å². The van der Waals surface area contributed by atoms with Crippen molar-refractivity contribution in [3.63, 3.8) is 0 Å². The van der Waals surface area contributed by atoms with Crippen molar-refractivity contribution in [2.45, 2.75) is 76.1 Å². The van der Waals surface area contributed by atoms with Crippen LogP contribution in [0.4, 0.5) is 0 Å². The maximum absolute atomic E-state index is 12.5. The van der Waals surface area contributed by atoms with Crippen molar-refractivity contribution in [1.82, 2.24) is 4.98 Å². The quantitative estimate of drug-likeness (QED) is 0.116. The van der Waals surface area contributed by atoms with E-state index in [0.29, 0.717) is 18.5 Å². The maximum Gasteiger partial charge on any atom is 0.355 e. The van der Waals surface area contributed by atoms with E-state index in [2.05, 4.69) is 73.5 Å². The molecule has 1 aliphatic carbocycles. The molecule has 1 aromatic heterocycles. The van der Waals surface area contributed by atoms with Crippen molar-refractivity contribution in [2.75, 3.05) is 6.61 Å². The number of hydrogen-bond acceptors (Lipinski definition) is 5. The lowest BCUT2D eigenvalue weighted by atomic mass is 9.80. The number of fused-ring (bicyclic) bond motifs is 1. The van der Waals surface area contributed by atoms with Crippen molar-refractivity contribution in [3.8, 4) is 0 Å². The molecule has 1 aliphatic heterocycles. The maximum atomic E-state index is 12.5. The second-order valence-corrected chi connectivity index (χ2v) is 11.7. The van der Waals surface area contributed by atoms with Crippen LogP contribution in [0.5, 0.6) is 0 Å². The monoisotopic (exact) mass is 607 g/mol. The Labute approximate surface area is 228 Å². The number of allylic oxidation sites excluding steroid dienone is 5. The smallest absolute Gasteiger partial charge is 0.355 e. The lowest BCUT2D eigenvalue weighted by molar-refractivity contribution is -0.345. The number of carbonyl (C=O) groups excluding carboxylic acids is 1. The van der Waals surface area contributed by atoms with Crippen LogP contribution in [0.25, 0.3) is 0 Å². The van der Waals surface area contributed by atoms with Crippen molar-refractivity contribution in [2.24, 2.45) is 5.92 Å². The molecule has 2 aliphatic rings. The molecule has 0 amide bonds.